The number of rotatable bonds is 16. The van der Waals surface area contributed by atoms with Crippen LogP contribution in [0.4, 0.5) is 0 Å². The van der Waals surface area contributed by atoms with Crippen LogP contribution in [0, 0.1) is 23.7 Å². The van der Waals surface area contributed by atoms with Crippen molar-refractivity contribution in [1.82, 2.24) is 0 Å². The van der Waals surface area contributed by atoms with Crippen LogP contribution in [-0.4, -0.2) is 211 Å². The van der Waals surface area contributed by atoms with Gasteiger partial charge >= 0.3 is 23.9 Å². The highest BCUT2D eigenvalue weighted by Gasteiger charge is 2.57. The van der Waals surface area contributed by atoms with Gasteiger partial charge in [-0.1, -0.05) is 78.6 Å². The van der Waals surface area contributed by atoms with E-state index in [-0.39, 0.29) is 25.2 Å². The normalized spacial score (nSPS) is 40.1. The third-order valence-corrected chi connectivity index (χ3v) is 15.9. The fraction of sp³-hybridized carbons (Fsp3) is 0.927. The Labute approximate surface area is 463 Å². The van der Waals surface area contributed by atoms with Gasteiger partial charge in [0.1, 0.15) is 67.6 Å². The molecule has 0 unspecified atom stereocenters. The third-order valence-electron chi connectivity index (χ3n) is 15.9. The lowest BCUT2D eigenvalue weighted by Crippen LogP contribution is -2.67. The van der Waals surface area contributed by atoms with Crippen LogP contribution in [0.25, 0.3) is 0 Å². The predicted octanol–water partition coefficient (Wildman–Crippen LogP) is 1.71. The summed E-state index contributed by atoms with van der Waals surface area (Å²) < 4.78 is 67.8. The lowest BCUT2D eigenvalue weighted by molar-refractivity contribution is -0.404. The first-order valence-electron chi connectivity index (χ1n) is 28.8. The number of carbonyl (C=O) groups excluding carboxylic acids is 4. The van der Waals surface area contributed by atoms with Gasteiger partial charge in [0.2, 0.25) is 0 Å². The number of aliphatic hydroxyl groups excluding tert-OH is 9. The molecule has 0 amide bonds. The molecule has 0 aromatic heterocycles. The smallest absolute Gasteiger partial charge is 0.311 e. The van der Waals surface area contributed by atoms with Crippen LogP contribution in [0.3, 0.4) is 0 Å². The number of unbranched alkanes of at least 4 members (excludes halogenated alkanes) is 2. The van der Waals surface area contributed by atoms with Crippen LogP contribution in [0.15, 0.2) is 0 Å². The molecular weight excluding hydrogens is 1040 g/mol. The van der Waals surface area contributed by atoms with Gasteiger partial charge in [0.15, 0.2) is 37.4 Å². The zero-order chi connectivity index (χ0) is 58.4. The third kappa shape index (κ3) is 18.6. The minimum absolute atomic E-state index is 0.0452. The molecule has 24 heteroatoms. The molecule has 25 atom stereocenters. The van der Waals surface area contributed by atoms with Crippen molar-refractivity contribution < 1.29 is 117 Å². The van der Waals surface area contributed by atoms with Gasteiger partial charge in [-0.15, -0.1) is 0 Å². The molecule has 0 spiro atoms. The average molecular weight is 1140 g/mol. The molecular formula is C55H94O24. The van der Waals surface area contributed by atoms with E-state index in [1.54, 1.807) is 20.8 Å². The second kappa shape index (κ2) is 31.8. The maximum Gasteiger partial charge on any atom is 0.311 e. The highest BCUT2D eigenvalue weighted by atomic mass is 16.8. The van der Waals surface area contributed by atoms with Gasteiger partial charge in [-0.2, -0.15) is 0 Å². The standard InChI is InChI=1S/C55H94O24/c1-10-11-17-20-33-21-18-15-13-12-14-16-19-22-37(58)74-46-34(24-35-39(60)41(62)45(32(9)70-35)76-51(67)28(5)30(7)57)31(8)71-55(49(46)75-38(59)23-26(2)3)78-47-42(63)40(61)36(25-69-50(66)27(4)29(6)56)73-54(47)77-48-43(64)44(65)52(68)79-53(48)72-33/h26-36,39-49,52-57,60-65,68H,10-25H2,1-9H3/t27-,28+,29+,30+,31+,32-,33+,34+,35+,36-,39-,40-,41+,42+,43+,44+,45-,46-,47-,48-,49+,52+,53-,54+,55+/m1/s1. The van der Waals surface area contributed by atoms with E-state index in [4.69, 9.17) is 52.1 Å². The van der Waals surface area contributed by atoms with E-state index in [9.17, 15) is 65.1 Å². The molecule has 0 saturated carbocycles. The molecule has 5 aliphatic heterocycles. The highest BCUT2D eigenvalue weighted by Crippen LogP contribution is 2.41. The summed E-state index contributed by atoms with van der Waals surface area (Å²) in [5.41, 5.74) is 0. The van der Waals surface area contributed by atoms with Crippen LogP contribution in [-0.2, 0) is 71.3 Å². The Morgan fingerprint density at radius 3 is 1.80 bits per heavy atom. The lowest BCUT2D eigenvalue weighted by atomic mass is 9.81. The van der Waals surface area contributed by atoms with Gasteiger partial charge in [0.05, 0.1) is 48.5 Å². The van der Waals surface area contributed by atoms with E-state index in [1.165, 1.54) is 34.6 Å². The van der Waals surface area contributed by atoms with Gasteiger partial charge < -0.3 is 98.1 Å². The Kier molecular flexibility index (Phi) is 27.0. The summed E-state index contributed by atoms with van der Waals surface area (Å²) in [4.78, 5) is 53.9. The van der Waals surface area contributed by atoms with Crippen LogP contribution >= 0.6 is 0 Å². The molecule has 5 heterocycles. The molecule has 458 valence electrons. The van der Waals surface area contributed by atoms with E-state index in [1.807, 2.05) is 0 Å². The van der Waals surface area contributed by atoms with Crippen LogP contribution in [0.1, 0.15) is 159 Å². The Balaban J connectivity index is 1.58. The van der Waals surface area contributed by atoms with Gasteiger partial charge in [-0.3, -0.25) is 19.2 Å². The van der Waals surface area contributed by atoms with Crippen LogP contribution in [0.2, 0.25) is 0 Å². The molecule has 5 saturated heterocycles. The lowest BCUT2D eigenvalue weighted by Gasteiger charge is -2.50. The van der Waals surface area contributed by atoms with Gasteiger partial charge in [0, 0.05) is 18.8 Å². The number of hydrogen-bond acceptors (Lipinski definition) is 24. The Hall–Kier alpha value is -2.76. The fourth-order valence-corrected chi connectivity index (χ4v) is 10.5. The van der Waals surface area contributed by atoms with Gasteiger partial charge in [-0.05, 0) is 73.1 Å². The second-order valence-electron chi connectivity index (χ2n) is 22.9. The predicted molar refractivity (Wildman–Crippen MR) is 274 cm³/mol. The Morgan fingerprint density at radius 2 is 1.16 bits per heavy atom. The van der Waals surface area contributed by atoms with Crippen LogP contribution < -0.4 is 0 Å². The molecule has 79 heavy (non-hydrogen) atoms. The van der Waals surface area contributed by atoms with Crippen molar-refractivity contribution in [1.29, 1.82) is 0 Å². The van der Waals surface area contributed by atoms with Crippen molar-refractivity contribution in [2.75, 3.05) is 6.61 Å². The SMILES string of the molecule is CCCCC[C@H]1CCCCCCCCCC(=O)O[C@@H]2[C@@H](C[C@@H]3O[C@H](C)[C@@H](OC(=O)[C@@H](C)[C@H](C)O)[C@@H](O)[C@@H]3O)[C@H](C)O[C@@H](O[C@H]3[C@H](O[C@H]4[C@H](O1)O[C@H](O)[C@@H](O)[C@@H]4O)O[C@H](COC(=O)[C@H](C)[C@H](C)O)[C@@H](O)[C@@H]3O)[C@H]2OC(=O)CC(C)C. The number of ether oxygens (including phenoxy) is 11. The fourth-order valence-electron chi connectivity index (χ4n) is 10.5. The molecule has 0 radical (unpaired) electrons. The molecule has 0 aromatic carbocycles. The summed E-state index contributed by atoms with van der Waals surface area (Å²) >= 11 is 0. The first kappa shape index (κ1) is 67.0. The molecule has 0 aliphatic carbocycles. The van der Waals surface area contributed by atoms with E-state index >= 15 is 0 Å². The first-order valence-corrected chi connectivity index (χ1v) is 28.8. The summed E-state index contributed by atoms with van der Waals surface area (Å²) in [6, 6.07) is 0. The molecule has 9 N–H and O–H groups in total. The van der Waals surface area contributed by atoms with Gasteiger partial charge in [0.25, 0.3) is 0 Å². The molecule has 24 nitrogen and oxygen atoms in total. The van der Waals surface area contributed by atoms with Crippen molar-refractivity contribution in [2.24, 2.45) is 23.7 Å². The number of carbonyl (C=O) groups is 4. The van der Waals surface area contributed by atoms with Crippen molar-refractivity contribution in [3.8, 4) is 0 Å². The van der Waals surface area contributed by atoms with E-state index in [0.717, 1.165) is 51.4 Å². The van der Waals surface area contributed by atoms with E-state index in [2.05, 4.69) is 6.92 Å². The number of esters is 4. The Morgan fingerprint density at radius 1 is 0.582 bits per heavy atom. The summed E-state index contributed by atoms with van der Waals surface area (Å²) in [7, 11) is 0. The average Bonchev–Trinajstić information content (AvgIpc) is 3.44. The zero-order valence-corrected chi connectivity index (χ0v) is 47.5. The zero-order valence-electron chi connectivity index (χ0n) is 47.5. The summed E-state index contributed by atoms with van der Waals surface area (Å²) in [6.45, 7) is 13.6. The summed E-state index contributed by atoms with van der Waals surface area (Å²) in [6.07, 6.45) is -25.7. The topological polar surface area (TPSA) is 352 Å². The summed E-state index contributed by atoms with van der Waals surface area (Å²) in [5, 5.41) is 101. The quantitative estimate of drug-likeness (QED) is 0.0603. The monoisotopic (exact) mass is 1140 g/mol. The number of hydrogen-bond donors (Lipinski definition) is 9. The van der Waals surface area contributed by atoms with Crippen molar-refractivity contribution in [3.05, 3.63) is 0 Å². The first-order chi connectivity index (χ1) is 37.3. The maximum atomic E-state index is 14.1. The number of fused-ring (bicyclic) bond motifs is 4. The molecule has 2 bridgehead atoms. The highest BCUT2D eigenvalue weighted by molar-refractivity contribution is 5.73. The molecule has 5 fully saturated rings. The van der Waals surface area contributed by atoms with Gasteiger partial charge in [-0.25, -0.2) is 0 Å². The van der Waals surface area contributed by atoms with Crippen molar-refractivity contribution in [3.63, 3.8) is 0 Å². The minimum Gasteiger partial charge on any atom is -0.463 e. The molecule has 0 aromatic rings. The molecule has 5 rings (SSSR count). The van der Waals surface area contributed by atoms with Crippen molar-refractivity contribution >= 4 is 23.9 Å². The van der Waals surface area contributed by atoms with E-state index < -0.39 is 183 Å². The number of aliphatic hydroxyl groups is 9. The second-order valence-corrected chi connectivity index (χ2v) is 22.9. The minimum atomic E-state index is -2.05. The summed E-state index contributed by atoms with van der Waals surface area (Å²) in [5.74, 6) is -6.41. The Bertz CT molecular complexity index is 1860. The molecule has 5 aliphatic rings. The van der Waals surface area contributed by atoms with E-state index in [0.29, 0.717) is 25.7 Å². The maximum absolute atomic E-state index is 14.1. The van der Waals surface area contributed by atoms with Crippen molar-refractivity contribution in [2.45, 2.75) is 294 Å². The largest absolute Gasteiger partial charge is 0.463 e. The van der Waals surface area contributed by atoms with Crippen LogP contribution in [0.5, 0.6) is 0 Å².